The van der Waals surface area contributed by atoms with Gasteiger partial charge in [-0.2, -0.15) is 0 Å². The number of nitrogens with zero attached hydrogens (tertiary/aromatic N) is 3. The number of aromatic nitrogens is 3. The lowest BCUT2D eigenvalue weighted by atomic mass is 10.1. The molecule has 3 aromatic heterocycles. The number of rotatable bonds is 2. The van der Waals surface area contributed by atoms with Crippen molar-refractivity contribution in [1.29, 1.82) is 0 Å². The predicted octanol–water partition coefficient (Wildman–Crippen LogP) is 4.30. The molecule has 4 nitrogen and oxygen atoms in total. The molecule has 0 saturated heterocycles. The molecule has 1 aromatic carbocycles. The van der Waals surface area contributed by atoms with Crippen LogP contribution >= 0.6 is 0 Å². The molecule has 0 aliphatic carbocycles. The molecule has 0 bridgehead atoms. The second-order valence-corrected chi connectivity index (χ2v) is 5.40. The third kappa shape index (κ3) is 1.92. The summed E-state index contributed by atoms with van der Waals surface area (Å²) in [6, 6.07) is 14.4. The smallest absolute Gasteiger partial charge is 0.145 e. The fourth-order valence-corrected chi connectivity index (χ4v) is 2.74. The molecule has 0 N–H and O–H groups in total. The molecule has 3 heterocycles. The zero-order chi connectivity index (χ0) is 15.1. The minimum Gasteiger partial charge on any atom is -0.364 e. The van der Waals surface area contributed by atoms with E-state index >= 15 is 0 Å². The Kier molecular flexibility index (Phi) is 2.82. The van der Waals surface area contributed by atoms with E-state index in [1.807, 2.05) is 31.2 Å². The predicted molar refractivity (Wildman–Crippen MR) is 86.0 cm³/mol. The maximum Gasteiger partial charge on any atom is 0.145 e. The lowest BCUT2D eigenvalue weighted by molar-refractivity contribution is 0.415. The first-order chi connectivity index (χ1) is 10.7. The number of hydrogen-bond donors (Lipinski definition) is 0. The van der Waals surface area contributed by atoms with Gasteiger partial charge in [-0.3, -0.25) is 0 Å². The molecule has 0 fully saturated rings. The molecule has 4 heteroatoms. The van der Waals surface area contributed by atoms with Crippen LogP contribution in [0.4, 0.5) is 0 Å². The Morgan fingerprint density at radius 3 is 2.55 bits per heavy atom. The van der Waals surface area contributed by atoms with Crippen molar-refractivity contribution in [1.82, 2.24) is 14.7 Å². The summed E-state index contributed by atoms with van der Waals surface area (Å²) < 4.78 is 7.16. The normalized spacial score (nSPS) is 11.2. The SMILES string of the molecule is Cc1nocc1-c1ccc2c(C)cn(-c3ccccc3)c2n1. The summed E-state index contributed by atoms with van der Waals surface area (Å²) in [4.78, 5) is 4.84. The first-order valence-electron chi connectivity index (χ1n) is 7.19. The highest BCUT2D eigenvalue weighted by molar-refractivity contribution is 5.84. The van der Waals surface area contributed by atoms with Crippen LogP contribution < -0.4 is 0 Å². The van der Waals surface area contributed by atoms with Crippen LogP contribution in [-0.2, 0) is 0 Å². The molecule has 0 saturated carbocycles. The fraction of sp³-hybridized carbons (Fsp3) is 0.111. The number of aryl methyl sites for hydroxylation is 2. The van der Waals surface area contributed by atoms with Crippen molar-refractivity contribution in [2.75, 3.05) is 0 Å². The van der Waals surface area contributed by atoms with Crippen molar-refractivity contribution in [2.24, 2.45) is 0 Å². The van der Waals surface area contributed by atoms with Gasteiger partial charge in [-0.05, 0) is 43.7 Å². The summed E-state index contributed by atoms with van der Waals surface area (Å²) in [5.74, 6) is 0. The fourth-order valence-electron chi connectivity index (χ4n) is 2.74. The largest absolute Gasteiger partial charge is 0.364 e. The average molecular weight is 289 g/mol. The van der Waals surface area contributed by atoms with Gasteiger partial charge in [-0.25, -0.2) is 4.98 Å². The quantitative estimate of drug-likeness (QED) is 0.552. The number of benzene rings is 1. The van der Waals surface area contributed by atoms with Gasteiger partial charge in [0.25, 0.3) is 0 Å². The van der Waals surface area contributed by atoms with E-state index in [-0.39, 0.29) is 0 Å². The van der Waals surface area contributed by atoms with E-state index in [9.17, 15) is 0 Å². The molecule has 0 atom stereocenters. The molecular formula is C18H15N3O. The second-order valence-electron chi connectivity index (χ2n) is 5.40. The zero-order valence-electron chi connectivity index (χ0n) is 12.4. The molecule has 4 aromatic rings. The van der Waals surface area contributed by atoms with Crippen molar-refractivity contribution in [2.45, 2.75) is 13.8 Å². The lowest BCUT2D eigenvalue weighted by Gasteiger charge is -2.05. The molecule has 0 aliphatic rings. The first-order valence-corrected chi connectivity index (χ1v) is 7.19. The highest BCUT2D eigenvalue weighted by atomic mass is 16.5. The Balaban J connectivity index is 1.97. The van der Waals surface area contributed by atoms with Crippen LogP contribution in [0.2, 0.25) is 0 Å². The minimum atomic E-state index is 0.849. The Morgan fingerprint density at radius 1 is 1.00 bits per heavy atom. The topological polar surface area (TPSA) is 43.9 Å². The number of para-hydroxylation sites is 1. The van der Waals surface area contributed by atoms with Crippen LogP contribution in [0.15, 0.2) is 59.4 Å². The van der Waals surface area contributed by atoms with Gasteiger partial charge in [0.15, 0.2) is 0 Å². The molecular weight excluding hydrogens is 274 g/mol. The Hall–Kier alpha value is -2.88. The Bertz CT molecular complexity index is 951. The van der Waals surface area contributed by atoms with E-state index in [2.05, 4.69) is 41.0 Å². The van der Waals surface area contributed by atoms with E-state index in [0.29, 0.717) is 0 Å². The summed E-state index contributed by atoms with van der Waals surface area (Å²) in [6.07, 6.45) is 3.77. The number of hydrogen-bond acceptors (Lipinski definition) is 3. The van der Waals surface area contributed by atoms with Crippen LogP contribution in [0.3, 0.4) is 0 Å². The summed E-state index contributed by atoms with van der Waals surface area (Å²) in [6.45, 7) is 4.03. The van der Waals surface area contributed by atoms with Gasteiger partial charge in [-0.15, -0.1) is 0 Å². The van der Waals surface area contributed by atoms with Gasteiger partial charge in [0.1, 0.15) is 11.9 Å². The van der Waals surface area contributed by atoms with Gasteiger partial charge in [0.05, 0.1) is 17.0 Å². The molecule has 0 spiro atoms. The Labute approximate surface area is 128 Å². The van der Waals surface area contributed by atoms with Gasteiger partial charge in [0.2, 0.25) is 0 Å². The maximum atomic E-state index is 5.04. The van der Waals surface area contributed by atoms with Crippen molar-refractivity contribution in [3.8, 4) is 16.9 Å². The minimum absolute atomic E-state index is 0.849. The monoisotopic (exact) mass is 289 g/mol. The zero-order valence-corrected chi connectivity index (χ0v) is 12.4. The van der Waals surface area contributed by atoms with E-state index in [0.717, 1.165) is 33.7 Å². The second kappa shape index (κ2) is 4.84. The molecule has 0 radical (unpaired) electrons. The molecule has 0 unspecified atom stereocenters. The highest BCUT2D eigenvalue weighted by Gasteiger charge is 2.12. The average Bonchev–Trinajstić information content (AvgIpc) is 3.12. The van der Waals surface area contributed by atoms with E-state index < -0.39 is 0 Å². The summed E-state index contributed by atoms with van der Waals surface area (Å²) in [7, 11) is 0. The van der Waals surface area contributed by atoms with Gasteiger partial charge in [-0.1, -0.05) is 23.4 Å². The van der Waals surface area contributed by atoms with Crippen molar-refractivity contribution in [3.05, 3.63) is 66.2 Å². The first kappa shape index (κ1) is 12.8. The highest BCUT2D eigenvalue weighted by Crippen LogP contribution is 2.27. The van der Waals surface area contributed by atoms with Crippen LogP contribution in [0.5, 0.6) is 0 Å². The van der Waals surface area contributed by atoms with Crippen LogP contribution in [0.25, 0.3) is 28.0 Å². The van der Waals surface area contributed by atoms with Crippen LogP contribution in [0, 0.1) is 13.8 Å². The Morgan fingerprint density at radius 2 is 1.82 bits per heavy atom. The molecule has 108 valence electrons. The standard InChI is InChI=1S/C18H15N3O/c1-12-10-21(14-6-4-3-5-7-14)18-15(12)8-9-17(19-18)16-11-22-20-13(16)2/h3-11H,1-2H3. The number of fused-ring (bicyclic) bond motifs is 1. The summed E-state index contributed by atoms with van der Waals surface area (Å²) >= 11 is 0. The van der Waals surface area contributed by atoms with Gasteiger partial charge in [0, 0.05) is 17.3 Å². The molecule has 22 heavy (non-hydrogen) atoms. The van der Waals surface area contributed by atoms with Crippen molar-refractivity contribution < 1.29 is 4.52 Å². The van der Waals surface area contributed by atoms with E-state index in [4.69, 9.17) is 9.51 Å². The summed E-state index contributed by atoms with van der Waals surface area (Å²) in [5, 5.41) is 5.09. The van der Waals surface area contributed by atoms with Crippen LogP contribution in [0.1, 0.15) is 11.3 Å². The van der Waals surface area contributed by atoms with Crippen molar-refractivity contribution in [3.63, 3.8) is 0 Å². The third-order valence-corrected chi connectivity index (χ3v) is 3.91. The molecule has 4 rings (SSSR count). The van der Waals surface area contributed by atoms with Gasteiger partial charge < -0.3 is 9.09 Å². The van der Waals surface area contributed by atoms with Crippen LogP contribution in [-0.4, -0.2) is 14.7 Å². The molecule has 0 amide bonds. The number of pyridine rings is 1. The van der Waals surface area contributed by atoms with Crippen molar-refractivity contribution >= 4 is 11.0 Å². The molecule has 0 aliphatic heterocycles. The van der Waals surface area contributed by atoms with Gasteiger partial charge >= 0.3 is 0 Å². The summed E-state index contributed by atoms with van der Waals surface area (Å²) in [5.41, 5.74) is 5.91. The third-order valence-electron chi connectivity index (χ3n) is 3.91. The van der Waals surface area contributed by atoms with E-state index in [1.165, 1.54) is 5.56 Å². The lowest BCUT2D eigenvalue weighted by Crippen LogP contribution is -1.94. The van der Waals surface area contributed by atoms with E-state index in [1.54, 1.807) is 6.26 Å². The maximum absolute atomic E-state index is 5.04.